The molecule has 0 aliphatic rings. The van der Waals surface area contributed by atoms with Crippen molar-refractivity contribution in [2.45, 2.75) is 6.10 Å². The van der Waals surface area contributed by atoms with Gasteiger partial charge in [-0.1, -0.05) is 6.07 Å². The molecule has 0 saturated carbocycles. The van der Waals surface area contributed by atoms with Gasteiger partial charge in [0, 0.05) is 11.6 Å². The average molecular weight is 176 g/mol. The standard InChI is InChI=1S/C10H10NO2/c1-7(12)8-2-3-10-9(6-8)4-5-11(10)13/h2-7,12-13H,1H2. The molecule has 67 valence electrons. The first-order valence-electron chi connectivity index (χ1n) is 4.00. The van der Waals surface area contributed by atoms with E-state index in [0.29, 0.717) is 0 Å². The van der Waals surface area contributed by atoms with Gasteiger partial charge in [-0.2, -0.15) is 4.73 Å². The van der Waals surface area contributed by atoms with Crippen LogP contribution in [0.4, 0.5) is 0 Å². The SMILES string of the molecule is [CH2]C(O)c1ccc2c(ccn2O)c1. The van der Waals surface area contributed by atoms with E-state index in [-0.39, 0.29) is 0 Å². The molecule has 1 aromatic heterocycles. The molecule has 1 atom stereocenters. The largest absolute Gasteiger partial charge is 0.428 e. The van der Waals surface area contributed by atoms with Crippen LogP contribution in [-0.2, 0) is 0 Å². The predicted molar refractivity (Wildman–Crippen MR) is 49.4 cm³/mol. The van der Waals surface area contributed by atoms with Gasteiger partial charge in [0.15, 0.2) is 0 Å². The second kappa shape index (κ2) is 2.78. The summed E-state index contributed by atoms with van der Waals surface area (Å²) in [5.74, 6) is 0. The summed E-state index contributed by atoms with van der Waals surface area (Å²) >= 11 is 0. The Bertz CT molecular complexity index is 431. The predicted octanol–water partition coefficient (Wildman–Crippen LogP) is 1.75. The van der Waals surface area contributed by atoms with Crippen molar-refractivity contribution in [1.82, 2.24) is 4.73 Å². The van der Waals surface area contributed by atoms with E-state index in [4.69, 9.17) is 0 Å². The molecule has 1 aromatic carbocycles. The molecule has 1 heterocycles. The number of nitrogens with zero attached hydrogens (tertiary/aromatic N) is 1. The molecule has 0 saturated heterocycles. The fourth-order valence-corrected chi connectivity index (χ4v) is 1.35. The van der Waals surface area contributed by atoms with E-state index in [2.05, 4.69) is 6.92 Å². The van der Waals surface area contributed by atoms with Crippen LogP contribution in [0.15, 0.2) is 30.5 Å². The Morgan fingerprint density at radius 1 is 1.31 bits per heavy atom. The summed E-state index contributed by atoms with van der Waals surface area (Å²) in [7, 11) is 0. The van der Waals surface area contributed by atoms with Crippen LogP contribution < -0.4 is 0 Å². The van der Waals surface area contributed by atoms with Gasteiger partial charge in [0.05, 0.1) is 11.6 Å². The van der Waals surface area contributed by atoms with Gasteiger partial charge >= 0.3 is 0 Å². The Morgan fingerprint density at radius 2 is 2.08 bits per heavy atom. The van der Waals surface area contributed by atoms with Gasteiger partial charge in [0.25, 0.3) is 0 Å². The maximum atomic E-state index is 9.28. The van der Waals surface area contributed by atoms with E-state index < -0.39 is 6.10 Å². The van der Waals surface area contributed by atoms with Crippen LogP contribution in [0.1, 0.15) is 11.7 Å². The van der Waals surface area contributed by atoms with Crippen molar-refractivity contribution in [2.75, 3.05) is 0 Å². The molecule has 2 aromatic rings. The first kappa shape index (κ1) is 8.13. The van der Waals surface area contributed by atoms with Gasteiger partial charge in [-0.15, -0.1) is 0 Å². The van der Waals surface area contributed by atoms with E-state index in [1.807, 2.05) is 0 Å². The lowest BCUT2D eigenvalue weighted by molar-refractivity contribution is 0.200. The Morgan fingerprint density at radius 3 is 2.77 bits per heavy atom. The van der Waals surface area contributed by atoms with Gasteiger partial charge in [-0.05, 0) is 30.7 Å². The number of hydrogen-bond donors (Lipinski definition) is 2. The highest BCUT2D eigenvalue weighted by Gasteiger charge is 2.04. The highest BCUT2D eigenvalue weighted by molar-refractivity contribution is 5.80. The van der Waals surface area contributed by atoms with Crippen LogP contribution in [0.2, 0.25) is 0 Å². The van der Waals surface area contributed by atoms with E-state index in [1.54, 1.807) is 30.5 Å². The van der Waals surface area contributed by atoms with Crippen LogP contribution >= 0.6 is 0 Å². The number of hydrogen-bond acceptors (Lipinski definition) is 2. The van der Waals surface area contributed by atoms with Crippen LogP contribution in [-0.4, -0.2) is 15.0 Å². The van der Waals surface area contributed by atoms with E-state index in [0.717, 1.165) is 21.2 Å². The fourth-order valence-electron chi connectivity index (χ4n) is 1.35. The minimum Gasteiger partial charge on any atom is -0.428 e. The molecule has 0 amide bonds. The summed E-state index contributed by atoms with van der Waals surface area (Å²) in [5.41, 5.74) is 1.48. The van der Waals surface area contributed by atoms with Crippen molar-refractivity contribution in [3.63, 3.8) is 0 Å². The maximum absolute atomic E-state index is 9.28. The number of rotatable bonds is 1. The summed E-state index contributed by atoms with van der Waals surface area (Å²) in [6.45, 7) is 3.51. The molecule has 2 N–H and O–H groups in total. The summed E-state index contributed by atoms with van der Waals surface area (Å²) in [6, 6.07) is 7.08. The van der Waals surface area contributed by atoms with Crippen molar-refractivity contribution >= 4 is 10.9 Å². The molecule has 3 heteroatoms. The van der Waals surface area contributed by atoms with Crippen molar-refractivity contribution < 1.29 is 10.3 Å². The third-order valence-corrected chi connectivity index (χ3v) is 2.08. The van der Waals surface area contributed by atoms with Crippen LogP contribution in [0, 0.1) is 6.92 Å². The number of aromatic nitrogens is 1. The third kappa shape index (κ3) is 1.27. The average Bonchev–Trinajstić information content (AvgIpc) is 2.47. The van der Waals surface area contributed by atoms with Gasteiger partial charge in [0.2, 0.25) is 0 Å². The number of fused-ring (bicyclic) bond motifs is 1. The number of aliphatic hydroxyl groups excluding tert-OH is 1. The van der Waals surface area contributed by atoms with Gasteiger partial charge in [-0.3, -0.25) is 0 Å². The lowest BCUT2D eigenvalue weighted by Crippen LogP contribution is -1.91. The van der Waals surface area contributed by atoms with E-state index in [1.165, 1.54) is 0 Å². The molecule has 0 spiro atoms. The fraction of sp³-hybridized carbons (Fsp3) is 0.100. The molecule has 0 fully saturated rings. The molecule has 0 bridgehead atoms. The van der Waals surface area contributed by atoms with E-state index >= 15 is 0 Å². The molecular weight excluding hydrogens is 166 g/mol. The number of aliphatic hydroxyl groups is 1. The second-order valence-corrected chi connectivity index (χ2v) is 2.99. The minimum absolute atomic E-state index is 0.716. The topological polar surface area (TPSA) is 45.4 Å². The number of benzene rings is 1. The summed E-state index contributed by atoms with van der Waals surface area (Å²) in [6.07, 6.45) is 0.843. The van der Waals surface area contributed by atoms with Crippen LogP contribution in [0.3, 0.4) is 0 Å². The van der Waals surface area contributed by atoms with Crippen LogP contribution in [0.25, 0.3) is 10.9 Å². The highest BCUT2D eigenvalue weighted by Crippen LogP contribution is 2.20. The lowest BCUT2D eigenvalue weighted by Gasteiger charge is -2.03. The van der Waals surface area contributed by atoms with Gasteiger partial charge in [0.1, 0.15) is 0 Å². The van der Waals surface area contributed by atoms with Crippen molar-refractivity contribution in [3.8, 4) is 0 Å². The normalized spacial score (nSPS) is 13.4. The molecule has 1 unspecified atom stereocenters. The van der Waals surface area contributed by atoms with Crippen molar-refractivity contribution in [2.24, 2.45) is 0 Å². The third-order valence-electron chi connectivity index (χ3n) is 2.08. The summed E-state index contributed by atoms with van der Waals surface area (Å²) < 4.78 is 1.05. The zero-order valence-corrected chi connectivity index (χ0v) is 7.01. The maximum Gasteiger partial charge on any atom is 0.0865 e. The first-order chi connectivity index (χ1) is 6.18. The summed E-state index contributed by atoms with van der Waals surface area (Å²) in [4.78, 5) is 0. The zero-order valence-electron chi connectivity index (χ0n) is 7.01. The van der Waals surface area contributed by atoms with E-state index in [9.17, 15) is 10.3 Å². The van der Waals surface area contributed by atoms with Crippen molar-refractivity contribution in [3.05, 3.63) is 42.9 Å². The molecule has 13 heavy (non-hydrogen) atoms. The lowest BCUT2D eigenvalue weighted by atomic mass is 10.1. The molecule has 2 rings (SSSR count). The van der Waals surface area contributed by atoms with Crippen molar-refractivity contribution in [1.29, 1.82) is 0 Å². The first-order valence-corrected chi connectivity index (χ1v) is 4.00. The monoisotopic (exact) mass is 176 g/mol. The Hall–Kier alpha value is -1.48. The van der Waals surface area contributed by atoms with Gasteiger partial charge < -0.3 is 10.3 Å². The molecule has 3 nitrogen and oxygen atoms in total. The summed E-state index contributed by atoms with van der Waals surface area (Å²) in [5, 5.41) is 19.4. The Kier molecular flexibility index (Phi) is 1.74. The quantitative estimate of drug-likeness (QED) is 0.650. The zero-order chi connectivity index (χ0) is 9.42. The van der Waals surface area contributed by atoms with Gasteiger partial charge in [-0.25, -0.2) is 0 Å². The molecule has 1 radical (unpaired) electrons. The Labute approximate surface area is 75.8 Å². The Balaban J connectivity index is 2.63. The minimum atomic E-state index is -0.716. The molecule has 0 aliphatic heterocycles. The smallest absolute Gasteiger partial charge is 0.0865 e. The molecule has 0 aliphatic carbocycles. The second-order valence-electron chi connectivity index (χ2n) is 2.99. The highest BCUT2D eigenvalue weighted by atomic mass is 16.5. The molecular formula is C10H10NO2. The van der Waals surface area contributed by atoms with Crippen LogP contribution in [0.5, 0.6) is 0 Å².